The summed E-state index contributed by atoms with van der Waals surface area (Å²) >= 11 is 0. The minimum Gasteiger partial charge on any atom is -0.458 e. The molecule has 1 heterocycles. The lowest BCUT2D eigenvalue weighted by atomic mass is 9.62. The van der Waals surface area contributed by atoms with Crippen molar-refractivity contribution in [1.29, 1.82) is 0 Å². The molecule has 0 bridgehead atoms. The molecule has 120 valence electrons. The molecule has 2 aliphatic rings. The standard InChI is InChI=1S/C17H23NO4/c1-3-21-13-10-14(17(13)8-4-5-9-17)22-16(20)12-7-6-11(2)18-15(12)19/h6-7,13-14H,3-5,8-10H2,1-2H3,(H,18,19). The van der Waals surface area contributed by atoms with Crippen molar-refractivity contribution in [3.63, 3.8) is 0 Å². The lowest BCUT2D eigenvalue weighted by molar-refractivity contribution is -0.188. The highest BCUT2D eigenvalue weighted by atomic mass is 16.6. The fraction of sp³-hybridized carbons (Fsp3) is 0.647. The number of esters is 1. The molecule has 2 atom stereocenters. The van der Waals surface area contributed by atoms with Gasteiger partial charge < -0.3 is 14.5 Å². The Morgan fingerprint density at radius 2 is 2.05 bits per heavy atom. The van der Waals surface area contributed by atoms with Crippen LogP contribution in [0.15, 0.2) is 16.9 Å². The summed E-state index contributed by atoms with van der Waals surface area (Å²) in [6, 6.07) is 3.25. The number of H-pyrrole nitrogens is 1. The van der Waals surface area contributed by atoms with Gasteiger partial charge >= 0.3 is 5.97 Å². The van der Waals surface area contributed by atoms with Crippen LogP contribution in [-0.2, 0) is 9.47 Å². The van der Waals surface area contributed by atoms with Gasteiger partial charge in [-0.15, -0.1) is 0 Å². The van der Waals surface area contributed by atoms with Gasteiger partial charge in [0.1, 0.15) is 11.7 Å². The number of hydrogen-bond donors (Lipinski definition) is 1. The molecule has 2 fully saturated rings. The van der Waals surface area contributed by atoms with E-state index < -0.39 is 5.97 Å². The Bertz CT molecular complexity index is 615. The first kappa shape index (κ1) is 15.3. The maximum Gasteiger partial charge on any atom is 0.344 e. The van der Waals surface area contributed by atoms with Crippen molar-refractivity contribution in [1.82, 2.24) is 4.98 Å². The number of carbonyl (C=O) groups is 1. The van der Waals surface area contributed by atoms with Gasteiger partial charge in [0.2, 0.25) is 0 Å². The highest BCUT2D eigenvalue weighted by Gasteiger charge is 2.58. The lowest BCUT2D eigenvalue weighted by Crippen LogP contribution is -2.58. The first-order chi connectivity index (χ1) is 10.6. The van der Waals surface area contributed by atoms with Gasteiger partial charge in [-0.2, -0.15) is 0 Å². The smallest absolute Gasteiger partial charge is 0.344 e. The Balaban J connectivity index is 1.73. The van der Waals surface area contributed by atoms with Crippen molar-refractivity contribution in [2.75, 3.05) is 6.61 Å². The third-order valence-corrected chi connectivity index (χ3v) is 5.14. The summed E-state index contributed by atoms with van der Waals surface area (Å²) in [7, 11) is 0. The minimum atomic E-state index is -0.521. The van der Waals surface area contributed by atoms with E-state index in [2.05, 4.69) is 4.98 Å². The van der Waals surface area contributed by atoms with Crippen molar-refractivity contribution >= 4 is 5.97 Å². The zero-order valence-corrected chi connectivity index (χ0v) is 13.2. The van der Waals surface area contributed by atoms with E-state index in [9.17, 15) is 9.59 Å². The summed E-state index contributed by atoms with van der Waals surface area (Å²) in [5.41, 5.74) is 0.405. The van der Waals surface area contributed by atoms with E-state index in [0.29, 0.717) is 6.61 Å². The fourth-order valence-corrected chi connectivity index (χ4v) is 3.91. The molecule has 0 aliphatic heterocycles. The second-order valence-corrected chi connectivity index (χ2v) is 6.40. The summed E-state index contributed by atoms with van der Waals surface area (Å²) in [6.45, 7) is 4.46. The van der Waals surface area contributed by atoms with E-state index in [4.69, 9.17) is 9.47 Å². The van der Waals surface area contributed by atoms with E-state index in [1.165, 1.54) is 6.07 Å². The van der Waals surface area contributed by atoms with Crippen LogP contribution in [0.1, 0.15) is 55.1 Å². The molecule has 0 aromatic carbocycles. The zero-order chi connectivity index (χ0) is 15.7. The van der Waals surface area contributed by atoms with E-state index in [0.717, 1.165) is 37.8 Å². The molecule has 1 N–H and O–H groups in total. The summed E-state index contributed by atoms with van der Waals surface area (Å²) < 4.78 is 11.5. The molecule has 22 heavy (non-hydrogen) atoms. The first-order valence-corrected chi connectivity index (χ1v) is 8.09. The average Bonchev–Trinajstić information content (AvgIpc) is 2.98. The van der Waals surface area contributed by atoms with E-state index in [1.54, 1.807) is 13.0 Å². The Morgan fingerprint density at radius 3 is 2.68 bits per heavy atom. The number of rotatable bonds is 4. The molecule has 1 spiro atoms. The molecule has 5 nitrogen and oxygen atoms in total. The molecule has 5 heteroatoms. The number of ether oxygens (including phenoxy) is 2. The molecule has 2 saturated carbocycles. The molecule has 0 amide bonds. The topological polar surface area (TPSA) is 68.4 Å². The Labute approximate surface area is 130 Å². The normalized spacial score (nSPS) is 25.9. The predicted octanol–water partition coefficient (Wildman–Crippen LogP) is 2.58. The van der Waals surface area contributed by atoms with Crippen molar-refractivity contribution < 1.29 is 14.3 Å². The number of hydrogen-bond acceptors (Lipinski definition) is 4. The SMILES string of the molecule is CCOC1CC(OC(=O)c2ccc(C)[nH]c2=O)C12CCCC2. The highest BCUT2D eigenvalue weighted by molar-refractivity contribution is 5.89. The summed E-state index contributed by atoms with van der Waals surface area (Å²) in [6.07, 6.45) is 5.20. The molecular formula is C17H23NO4. The van der Waals surface area contributed by atoms with Gasteiger partial charge in [-0.3, -0.25) is 4.79 Å². The maximum absolute atomic E-state index is 12.3. The first-order valence-electron chi connectivity index (χ1n) is 8.09. The van der Waals surface area contributed by atoms with Crippen molar-refractivity contribution in [2.45, 2.75) is 58.2 Å². The van der Waals surface area contributed by atoms with Crippen LogP contribution in [0.3, 0.4) is 0 Å². The number of pyridine rings is 1. The van der Waals surface area contributed by atoms with Crippen LogP contribution in [0.5, 0.6) is 0 Å². The average molecular weight is 305 g/mol. The van der Waals surface area contributed by atoms with E-state index >= 15 is 0 Å². The van der Waals surface area contributed by atoms with Gasteiger partial charge in [0.05, 0.1) is 6.10 Å². The van der Waals surface area contributed by atoms with Gasteiger partial charge in [0.25, 0.3) is 5.56 Å². The predicted molar refractivity (Wildman–Crippen MR) is 81.9 cm³/mol. The second-order valence-electron chi connectivity index (χ2n) is 6.40. The quantitative estimate of drug-likeness (QED) is 0.868. The lowest BCUT2D eigenvalue weighted by Gasteiger charge is -2.52. The van der Waals surface area contributed by atoms with Gasteiger partial charge in [-0.1, -0.05) is 12.8 Å². The van der Waals surface area contributed by atoms with Gasteiger partial charge in [-0.25, -0.2) is 4.79 Å². The van der Waals surface area contributed by atoms with Gasteiger partial charge in [0.15, 0.2) is 0 Å². The third-order valence-electron chi connectivity index (χ3n) is 5.14. The maximum atomic E-state index is 12.3. The fourth-order valence-electron chi connectivity index (χ4n) is 3.91. The summed E-state index contributed by atoms with van der Waals surface area (Å²) in [5, 5.41) is 0. The van der Waals surface area contributed by atoms with Crippen LogP contribution >= 0.6 is 0 Å². The molecule has 0 radical (unpaired) electrons. The van der Waals surface area contributed by atoms with Gasteiger partial charge in [0, 0.05) is 24.1 Å². The van der Waals surface area contributed by atoms with Crippen molar-refractivity contribution in [2.24, 2.45) is 5.41 Å². The second kappa shape index (κ2) is 5.88. The molecule has 0 saturated heterocycles. The molecule has 2 unspecified atom stereocenters. The van der Waals surface area contributed by atoms with Gasteiger partial charge in [-0.05, 0) is 38.8 Å². The Hall–Kier alpha value is -1.62. The Morgan fingerprint density at radius 1 is 1.32 bits per heavy atom. The van der Waals surface area contributed by atoms with Crippen LogP contribution in [-0.4, -0.2) is 29.8 Å². The largest absolute Gasteiger partial charge is 0.458 e. The van der Waals surface area contributed by atoms with Crippen LogP contribution in [0.4, 0.5) is 0 Å². The van der Waals surface area contributed by atoms with Crippen LogP contribution in [0.25, 0.3) is 0 Å². The number of carbonyl (C=O) groups excluding carboxylic acids is 1. The number of nitrogens with one attached hydrogen (secondary N) is 1. The van der Waals surface area contributed by atoms with E-state index in [-0.39, 0.29) is 28.7 Å². The molecule has 2 aliphatic carbocycles. The van der Waals surface area contributed by atoms with Crippen molar-refractivity contribution in [3.8, 4) is 0 Å². The number of aromatic amines is 1. The minimum absolute atomic E-state index is 0.0247. The zero-order valence-electron chi connectivity index (χ0n) is 13.2. The van der Waals surface area contributed by atoms with Crippen LogP contribution in [0, 0.1) is 12.3 Å². The summed E-state index contributed by atoms with van der Waals surface area (Å²) in [4.78, 5) is 26.8. The molecule has 1 aromatic heterocycles. The Kier molecular flexibility index (Phi) is 4.08. The number of aryl methyl sites for hydroxylation is 1. The summed E-state index contributed by atoms with van der Waals surface area (Å²) in [5.74, 6) is -0.521. The molecule has 3 rings (SSSR count). The van der Waals surface area contributed by atoms with Crippen molar-refractivity contribution in [3.05, 3.63) is 33.7 Å². The molecule has 1 aromatic rings. The number of aromatic nitrogens is 1. The molecular weight excluding hydrogens is 282 g/mol. The van der Waals surface area contributed by atoms with E-state index in [1.807, 2.05) is 6.92 Å². The third kappa shape index (κ3) is 2.47. The van der Waals surface area contributed by atoms with Crippen LogP contribution < -0.4 is 5.56 Å². The monoisotopic (exact) mass is 305 g/mol. The van der Waals surface area contributed by atoms with Crippen LogP contribution in [0.2, 0.25) is 0 Å². The highest BCUT2D eigenvalue weighted by Crippen LogP contribution is 2.56.